The Labute approximate surface area is 206 Å². The monoisotopic (exact) mass is 494 g/mol. The smallest absolute Gasteiger partial charge is 0.405 e. The van der Waals surface area contributed by atoms with Gasteiger partial charge < -0.3 is 20.4 Å². The molecule has 1 aromatic heterocycles. The molecule has 0 saturated heterocycles. The van der Waals surface area contributed by atoms with Crippen LogP contribution < -0.4 is 25.8 Å². The van der Waals surface area contributed by atoms with Crippen LogP contribution in [0.25, 0.3) is 0 Å². The number of nitriles is 1. The Bertz CT molecular complexity index is 907. The van der Waals surface area contributed by atoms with Gasteiger partial charge in [0.1, 0.15) is 17.6 Å². The van der Waals surface area contributed by atoms with E-state index in [-0.39, 0.29) is 24.9 Å². The van der Waals surface area contributed by atoms with E-state index in [1.165, 1.54) is 6.92 Å². The second kappa shape index (κ2) is 13.2. The summed E-state index contributed by atoms with van der Waals surface area (Å²) < 4.78 is 44.1. The molecule has 3 N–H and O–H groups in total. The van der Waals surface area contributed by atoms with E-state index in [4.69, 9.17) is 4.74 Å². The molecule has 2 heterocycles. The molecular formula is C25H37F3N6O. The summed E-state index contributed by atoms with van der Waals surface area (Å²) in [5.41, 5.74) is 6.32. The average molecular weight is 495 g/mol. The number of aromatic nitrogens is 1. The summed E-state index contributed by atoms with van der Waals surface area (Å²) in [7, 11) is 1.57. The minimum atomic E-state index is -4.32. The Morgan fingerprint density at radius 2 is 2.06 bits per heavy atom. The third kappa shape index (κ3) is 7.28. The molecule has 0 radical (unpaired) electrons. The van der Waals surface area contributed by atoms with Gasteiger partial charge in [-0.05, 0) is 44.7 Å². The van der Waals surface area contributed by atoms with E-state index in [0.29, 0.717) is 17.5 Å². The lowest BCUT2D eigenvalue weighted by Gasteiger charge is -2.45. The van der Waals surface area contributed by atoms with Crippen LogP contribution in [0.5, 0.6) is 5.75 Å². The van der Waals surface area contributed by atoms with Crippen molar-refractivity contribution < 1.29 is 17.9 Å². The maximum absolute atomic E-state index is 12.9. The molecule has 3 unspecified atom stereocenters. The van der Waals surface area contributed by atoms with Crippen LogP contribution in [-0.2, 0) is 6.42 Å². The van der Waals surface area contributed by atoms with Gasteiger partial charge in [0, 0.05) is 17.8 Å². The van der Waals surface area contributed by atoms with Gasteiger partial charge >= 0.3 is 6.18 Å². The number of nitrogens with one attached hydrogen (secondary N) is 3. The number of methoxy groups -OCH3 is 1. The first-order chi connectivity index (χ1) is 16.8. The number of pyridine rings is 1. The number of halogens is 3. The molecule has 0 bridgehead atoms. The molecule has 2 aliphatic rings. The van der Waals surface area contributed by atoms with Crippen molar-refractivity contribution in [3.8, 4) is 11.8 Å². The Morgan fingerprint density at radius 3 is 2.54 bits per heavy atom. The fourth-order valence-electron chi connectivity index (χ4n) is 4.04. The quantitative estimate of drug-likeness (QED) is 0.405. The van der Waals surface area contributed by atoms with Crippen molar-refractivity contribution in [2.45, 2.75) is 90.1 Å². The molecule has 1 aliphatic heterocycles. The van der Waals surface area contributed by atoms with Gasteiger partial charge in [0.05, 0.1) is 43.6 Å². The zero-order valence-electron chi connectivity index (χ0n) is 21.1. The molecule has 35 heavy (non-hydrogen) atoms. The zero-order valence-corrected chi connectivity index (χ0v) is 21.1. The first-order valence-electron chi connectivity index (χ1n) is 12.2. The van der Waals surface area contributed by atoms with Crippen LogP contribution in [0.4, 0.5) is 19.0 Å². The molecule has 7 nitrogen and oxygen atoms in total. The normalized spacial score (nSPS) is 19.1. The van der Waals surface area contributed by atoms with E-state index in [9.17, 15) is 18.4 Å². The number of dihydropyridines is 1. The fourth-order valence-corrected chi connectivity index (χ4v) is 4.04. The van der Waals surface area contributed by atoms with Crippen LogP contribution in [0.1, 0.15) is 58.9 Å². The van der Waals surface area contributed by atoms with Crippen molar-refractivity contribution in [2.75, 3.05) is 12.0 Å². The minimum absolute atomic E-state index is 0.00536. The fraction of sp³-hybridized carbons (Fsp3) is 0.600. The molecule has 1 aromatic rings. The number of allylic oxidation sites excluding steroid dienone is 1. The topological polar surface area (TPSA) is 85.2 Å². The predicted octanol–water partition coefficient (Wildman–Crippen LogP) is 4.73. The summed E-state index contributed by atoms with van der Waals surface area (Å²) in [4.78, 5) is 6.90. The molecule has 3 atom stereocenters. The second-order valence-corrected chi connectivity index (χ2v) is 8.35. The highest BCUT2D eigenvalue weighted by molar-refractivity contribution is 5.53. The summed E-state index contributed by atoms with van der Waals surface area (Å²) in [5, 5.41) is 12.6. The number of alkyl halides is 3. The van der Waals surface area contributed by atoms with E-state index in [0.717, 1.165) is 30.6 Å². The standard InChI is InChI=1S/C23H31F3N6O.C2H6/c1-4-21(23(24,25)26)31-30-17-8-9-20(28-13-17)15(2)32(18-6-5-7-18)22-16(10-11-27)12-19(33-3)14-29-22;1-2/h8-9,12-15,18,20-21,28,30-31H,4-7,10H2,1-3H3;1-2H3. The highest BCUT2D eigenvalue weighted by Gasteiger charge is 2.38. The molecule has 3 rings (SSSR count). The molecule has 0 amide bonds. The van der Waals surface area contributed by atoms with Gasteiger partial charge in [0.15, 0.2) is 0 Å². The van der Waals surface area contributed by atoms with E-state index in [1.807, 2.05) is 26.0 Å². The van der Waals surface area contributed by atoms with E-state index in [2.05, 4.69) is 39.0 Å². The van der Waals surface area contributed by atoms with Crippen LogP contribution in [0.15, 0.2) is 36.3 Å². The number of rotatable bonds is 10. The van der Waals surface area contributed by atoms with Gasteiger partial charge in [-0.2, -0.15) is 18.4 Å². The van der Waals surface area contributed by atoms with Gasteiger partial charge in [-0.3, -0.25) is 0 Å². The second-order valence-electron chi connectivity index (χ2n) is 8.35. The van der Waals surface area contributed by atoms with Crippen molar-refractivity contribution >= 4 is 5.82 Å². The summed E-state index contributed by atoms with van der Waals surface area (Å²) in [6.45, 7) is 7.57. The molecule has 194 valence electrons. The Balaban J connectivity index is 0.00000210. The van der Waals surface area contributed by atoms with Crippen LogP contribution in [0.3, 0.4) is 0 Å². The summed E-state index contributed by atoms with van der Waals surface area (Å²) >= 11 is 0. The van der Waals surface area contributed by atoms with Crippen molar-refractivity contribution in [1.82, 2.24) is 21.2 Å². The summed E-state index contributed by atoms with van der Waals surface area (Å²) in [6.07, 6.45) is 6.10. The lowest BCUT2D eigenvalue weighted by Crippen LogP contribution is -2.54. The minimum Gasteiger partial charge on any atom is -0.495 e. The Hall–Kier alpha value is -2.93. The van der Waals surface area contributed by atoms with Gasteiger partial charge in [-0.1, -0.05) is 26.8 Å². The molecule has 0 spiro atoms. The maximum atomic E-state index is 12.9. The SMILES string of the molecule is CC.CCC(NNC1=CNC(C(C)N(c2ncc(OC)cc2CC#N)C2CCC2)C=C1)C(F)(F)F. The summed E-state index contributed by atoms with van der Waals surface area (Å²) in [6, 6.07) is 2.66. The molecule has 1 fully saturated rings. The highest BCUT2D eigenvalue weighted by Crippen LogP contribution is 2.34. The van der Waals surface area contributed by atoms with Crippen LogP contribution in [0, 0.1) is 11.3 Å². The van der Waals surface area contributed by atoms with E-state index >= 15 is 0 Å². The molecule has 10 heteroatoms. The van der Waals surface area contributed by atoms with Crippen molar-refractivity contribution in [3.63, 3.8) is 0 Å². The van der Waals surface area contributed by atoms with Gasteiger partial charge in [0.2, 0.25) is 0 Å². The van der Waals surface area contributed by atoms with Crippen molar-refractivity contribution in [2.24, 2.45) is 0 Å². The first kappa shape index (κ1) is 28.3. The van der Waals surface area contributed by atoms with E-state index < -0.39 is 12.2 Å². The maximum Gasteiger partial charge on any atom is 0.405 e. The number of hydrogen-bond acceptors (Lipinski definition) is 7. The number of hydrazine groups is 1. The Kier molecular flexibility index (Phi) is 10.7. The number of ether oxygens (including phenoxy) is 1. The lowest BCUT2D eigenvalue weighted by atomic mass is 9.88. The number of hydrogen-bond donors (Lipinski definition) is 3. The van der Waals surface area contributed by atoms with Crippen molar-refractivity contribution in [1.29, 1.82) is 5.26 Å². The number of anilines is 1. The lowest BCUT2D eigenvalue weighted by molar-refractivity contribution is -0.158. The van der Waals surface area contributed by atoms with Crippen LogP contribution >= 0.6 is 0 Å². The highest BCUT2D eigenvalue weighted by atomic mass is 19.4. The summed E-state index contributed by atoms with van der Waals surface area (Å²) in [5.74, 6) is 1.38. The molecule has 0 aromatic carbocycles. The van der Waals surface area contributed by atoms with Crippen LogP contribution in [-0.4, -0.2) is 42.4 Å². The van der Waals surface area contributed by atoms with Crippen molar-refractivity contribution in [3.05, 3.63) is 41.9 Å². The van der Waals surface area contributed by atoms with E-state index in [1.54, 1.807) is 25.6 Å². The van der Waals surface area contributed by atoms with Gasteiger partial charge in [-0.25, -0.2) is 10.4 Å². The average Bonchev–Trinajstić information content (AvgIpc) is 2.82. The molecule has 1 saturated carbocycles. The molecule has 1 aliphatic carbocycles. The van der Waals surface area contributed by atoms with Gasteiger partial charge in [0.25, 0.3) is 0 Å². The third-order valence-corrected chi connectivity index (χ3v) is 6.20. The first-order valence-corrected chi connectivity index (χ1v) is 12.2. The zero-order chi connectivity index (χ0) is 26.0. The number of nitrogens with zero attached hydrogens (tertiary/aromatic N) is 3. The third-order valence-electron chi connectivity index (χ3n) is 6.20. The predicted molar refractivity (Wildman–Crippen MR) is 132 cm³/mol. The Morgan fingerprint density at radius 1 is 1.34 bits per heavy atom. The molecular weight excluding hydrogens is 457 g/mol. The largest absolute Gasteiger partial charge is 0.495 e. The van der Waals surface area contributed by atoms with Crippen LogP contribution in [0.2, 0.25) is 0 Å². The van der Waals surface area contributed by atoms with Gasteiger partial charge in [-0.15, -0.1) is 0 Å².